The first kappa shape index (κ1) is 14.4. The first-order chi connectivity index (χ1) is 10.2. The summed E-state index contributed by atoms with van der Waals surface area (Å²) in [6.07, 6.45) is 0. The van der Waals surface area contributed by atoms with Gasteiger partial charge < -0.3 is 10.1 Å². The third-order valence-electron chi connectivity index (χ3n) is 4.13. The number of para-hydroxylation sites is 1. The van der Waals surface area contributed by atoms with Crippen molar-refractivity contribution in [2.75, 3.05) is 6.61 Å². The van der Waals surface area contributed by atoms with Crippen LogP contribution in [0.25, 0.3) is 0 Å². The number of hydrogen-bond acceptors (Lipinski definition) is 2. The lowest BCUT2D eigenvalue weighted by atomic mass is 9.91. The van der Waals surface area contributed by atoms with E-state index in [4.69, 9.17) is 16.3 Å². The molecule has 1 heterocycles. The maximum absolute atomic E-state index is 6.31. The van der Waals surface area contributed by atoms with Crippen LogP contribution in [0.5, 0.6) is 5.75 Å². The summed E-state index contributed by atoms with van der Waals surface area (Å²) >= 11 is 6.31. The molecule has 3 heteroatoms. The van der Waals surface area contributed by atoms with Gasteiger partial charge in [-0.05, 0) is 24.6 Å². The molecule has 3 atom stereocenters. The van der Waals surface area contributed by atoms with Crippen LogP contribution in [0.1, 0.15) is 37.1 Å². The second-order valence-electron chi connectivity index (χ2n) is 5.71. The Balaban J connectivity index is 1.86. The molecule has 2 aromatic rings. The van der Waals surface area contributed by atoms with E-state index in [-0.39, 0.29) is 12.1 Å². The van der Waals surface area contributed by atoms with E-state index in [2.05, 4.69) is 37.4 Å². The Labute approximate surface area is 131 Å². The Kier molecular flexibility index (Phi) is 4.18. The number of hydrogen-bond donors (Lipinski definition) is 1. The van der Waals surface area contributed by atoms with Gasteiger partial charge in [0.25, 0.3) is 0 Å². The van der Waals surface area contributed by atoms with Crippen molar-refractivity contribution in [1.82, 2.24) is 5.32 Å². The Morgan fingerprint density at radius 1 is 1.14 bits per heavy atom. The van der Waals surface area contributed by atoms with E-state index >= 15 is 0 Å². The molecule has 21 heavy (non-hydrogen) atoms. The smallest absolute Gasteiger partial charge is 0.124 e. The number of fused-ring (bicyclic) bond motifs is 1. The monoisotopic (exact) mass is 301 g/mol. The minimum atomic E-state index is 0.192. The summed E-state index contributed by atoms with van der Waals surface area (Å²) in [5, 5.41) is 4.53. The van der Waals surface area contributed by atoms with E-state index in [0.29, 0.717) is 5.92 Å². The van der Waals surface area contributed by atoms with Crippen LogP contribution in [-0.2, 0) is 0 Å². The quantitative estimate of drug-likeness (QED) is 0.882. The summed E-state index contributed by atoms with van der Waals surface area (Å²) in [5.41, 5.74) is 2.37. The number of halogens is 1. The zero-order valence-electron chi connectivity index (χ0n) is 12.3. The topological polar surface area (TPSA) is 21.3 Å². The van der Waals surface area contributed by atoms with Crippen molar-refractivity contribution >= 4 is 11.6 Å². The average Bonchev–Trinajstić information content (AvgIpc) is 2.50. The van der Waals surface area contributed by atoms with Gasteiger partial charge in [-0.25, -0.2) is 0 Å². The average molecular weight is 302 g/mol. The van der Waals surface area contributed by atoms with Crippen LogP contribution >= 0.6 is 11.6 Å². The molecule has 0 fully saturated rings. The van der Waals surface area contributed by atoms with Gasteiger partial charge in [0.15, 0.2) is 0 Å². The highest BCUT2D eigenvalue weighted by Gasteiger charge is 2.29. The summed E-state index contributed by atoms with van der Waals surface area (Å²) in [4.78, 5) is 0. The fraction of sp³-hybridized carbons (Fsp3) is 0.333. The summed E-state index contributed by atoms with van der Waals surface area (Å²) in [7, 11) is 0. The number of rotatable bonds is 3. The van der Waals surface area contributed by atoms with E-state index in [9.17, 15) is 0 Å². The maximum Gasteiger partial charge on any atom is 0.124 e. The van der Waals surface area contributed by atoms with E-state index in [1.807, 2.05) is 30.3 Å². The van der Waals surface area contributed by atoms with Gasteiger partial charge in [-0.1, -0.05) is 54.9 Å². The third kappa shape index (κ3) is 2.92. The lowest BCUT2D eigenvalue weighted by Crippen LogP contribution is -2.35. The minimum Gasteiger partial charge on any atom is -0.493 e. The van der Waals surface area contributed by atoms with Gasteiger partial charge in [0.2, 0.25) is 0 Å². The van der Waals surface area contributed by atoms with Crippen molar-refractivity contribution in [1.29, 1.82) is 0 Å². The van der Waals surface area contributed by atoms with E-state index in [1.54, 1.807) is 0 Å². The Bertz CT molecular complexity index is 628. The molecule has 0 spiro atoms. The molecule has 0 radical (unpaired) electrons. The summed E-state index contributed by atoms with van der Waals surface area (Å²) in [6.45, 7) is 5.11. The van der Waals surface area contributed by atoms with Crippen molar-refractivity contribution in [2.45, 2.75) is 25.9 Å². The van der Waals surface area contributed by atoms with E-state index in [0.717, 1.165) is 22.9 Å². The second-order valence-corrected chi connectivity index (χ2v) is 6.12. The lowest BCUT2D eigenvalue weighted by Gasteiger charge is -2.34. The Morgan fingerprint density at radius 2 is 1.86 bits per heavy atom. The molecule has 2 nitrogen and oxygen atoms in total. The highest BCUT2D eigenvalue weighted by molar-refractivity contribution is 6.31. The van der Waals surface area contributed by atoms with Crippen LogP contribution in [0.15, 0.2) is 48.5 Å². The predicted octanol–water partition coefficient (Wildman–Crippen LogP) is 4.76. The van der Waals surface area contributed by atoms with Crippen LogP contribution in [0.3, 0.4) is 0 Å². The third-order valence-corrected chi connectivity index (χ3v) is 4.47. The fourth-order valence-corrected chi connectivity index (χ4v) is 3.23. The van der Waals surface area contributed by atoms with Crippen LogP contribution < -0.4 is 10.1 Å². The van der Waals surface area contributed by atoms with Gasteiger partial charge in [-0.15, -0.1) is 0 Å². The van der Waals surface area contributed by atoms with Gasteiger partial charge in [-0.3, -0.25) is 0 Å². The van der Waals surface area contributed by atoms with Gasteiger partial charge >= 0.3 is 0 Å². The van der Waals surface area contributed by atoms with Gasteiger partial charge in [0, 0.05) is 28.6 Å². The van der Waals surface area contributed by atoms with Crippen LogP contribution in [0.4, 0.5) is 0 Å². The Morgan fingerprint density at radius 3 is 2.67 bits per heavy atom. The first-order valence-corrected chi connectivity index (χ1v) is 7.77. The molecular formula is C18H20ClNO. The molecule has 0 saturated heterocycles. The minimum absolute atomic E-state index is 0.192. The molecule has 0 bridgehead atoms. The van der Waals surface area contributed by atoms with Crippen molar-refractivity contribution < 1.29 is 4.74 Å². The van der Waals surface area contributed by atoms with Crippen molar-refractivity contribution in [2.24, 2.45) is 5.92 Å². The normalized spacial score (nSPS) is 22.2. The summed E-state index contributed by atoms with van der Waals surface area (Å²) < 4.78 is 5.81. The second kappa shape index (κ2) is 6.08. The SMILES string of the molecule is CC1COc2ccccc2C1N[C@H](C)c1ccccc1Cl. The molecule has 0 aliphatic carbocycles. The van der Waals surface area contributed by atoms with Crippen LogP contribution in [0, 0.1) is 5.92 Å². The molecule has 0 saturated carbocycles. The van der Waals surface area contributed by atoms with E-state index < -0.39 is 0 Å². The van der Waals surface area contributed by atoms with Crippen LogP contribution in [0.2, 0.25) is 5.02 Å². The number of benzene rings is 2. The first-order valence-electron chi connectivity index (χ1n) is 7.39. The Hall–Kier alpha value is -1.51. The standard InChI is InChI=1S/C18H20ClNO/c1-12-11-21-17-10-6-4-8-15(17)18(12)20-13(2)14-7-3-5-9-16(14)19/h3-10,12-13,18,20H,11H2,1-2H3/t12?,13-,18?/m1/s1. The van der Waals surface area contributed by atoms with Gasteiger partial charge in [-0.2, -0.15) is 0 Å². The maximum atomic E-state index is 6.31. The predicted molar refractivity (Wildman–Crippen MR) is 86.8 cm³/mol. The van der Waals surface area contributed by atoms with Crippen molar-refractivity contribution in [3.8, 4) is 5.75 Å². The van der Waals surface area contributed by atoms with Gasteiger partial charge in [0.05, 0.1) is 6.61 Å². The van der Waals surface area contributed by atoms with Crippen molar-refractivity contribution in [3.63, 3.8) is 0 Å². The molecule has 110 valence electrons. The molecular weight excluding hydrogens is 282 g/mol. The van der Waals surface area contributed by atoms with Gasteiger partial charge in [0.1, 0.15) is 5.75 Å². The largest absolute Gasteiger partial charge is 0.493 e. The molecule has 2 aromatic carbocycles. The molecule has 0 amide bonds. The molecule has 2 unspecified atom stereocenters. The zero-order valence-corrected chi connectivity index (χ0v) is 13.1. The number of ether oxygens (including phenoxy) is 1. The molecule has 3 rings (SSSR count). The highest BCUT2D eigenvalue weighted by Crippen LogP contribution is 2.37. The van der Waals surface area contributed by atoms with Crippen molar-refractivity contribution in [3.05, 3.63) is 64.7 Å². The zero-order chi connectivity index (χ0) is 14.8. The molecule has 1 aliphatic heterocycles. The van der Waals surface area contributed by atoms with E-state index in [1.165, 1.54) is 5.56 Å². The van der Waals surface area contributed by atoms with Crippen LogP contribution in [-0.4, -0.2) is 6.61 Å². The molecule has 1 N–H and O–H groups in total. The summed E-state index contributed by atoms with van der Waals surface area (Å²) in [5.74, 6) is 1.41. The molecule has 0 aromatic heterocycles. The molecule has 1 aliphatic rings. The lowest BCUT2D eigenvalue weighted by molar-refractivity contribution is 0.182. The summed E-state index contributed by atoms with van der Waals surface area (Å²) in [6, 6.07) is 16.7. The number of nitrogens with one attached hydrogen (secondary N) is 1. The highest BCUT2D eigenvalue weighted by atomic mass is 35.5. The fourth-order valence-electron chi connectivity index (χ4n) is 2.93.